The van der Waals surface area contributed by atoms with Gasteiger partial charge < -0.3 is 9.84 Å². The number of carbonyl (C=O) groups is 1. The fraction of sp³-hybridized carbons (Fsp3) is 0.778. The molecule has 0 amide bonds. The molecule has 7 nitrogen and oxygen atoms in total. The Bertz CT molecular complexity index is 373. The van der Waals surface area contributed by atoms with Crippen molar-refractivity contribution in [3.63, 3.8) is 0 Å². The molecule has 2 unspecified atom stereocenters. The maximum absolute atomic E-state index is 10.8. The van der Waals surface area contributed by atoms with E-state index in [0.717, 1.165) is 19.4 Å². The van der Waals surface area contributed by atoms with E-state index >= 15 is 0 Å². The van der Waals surface area contributed by atoms with Gasteiger partial charge in [-0.1, -0.05) is 0 Å². The predicted octanol–water partition coefficient (Wildman–Crippen LogP) is 0.0402. The SMILES string of the molecule is CC(C(=O)O)n1nnnc1CC1CCCO1. The molecule has 0 aliphatic carbocycles. The number of tetrazole rings is 1. The smallest absolute Gasteiger partial charge is 0.328 e. The average molecular weight is 226 g/mol. The standard InChI is InChI=1S/C9H14N4O3/c1-6(9(14)15)13-8(10-11-12-13)5-7-3-2-4-16-7/h6-7H,2-5H2,1H3,(H,14,15). The fourth-order valence-corrected chi connectivity index (χ4v) is 1.76. The Labute approximate surface area is 92.4 Å². The molecule has 1 aliphatic rings. The number of hydrogen-bond acceptors (Lipinski definition) is 5. The van der Waals surface area contributed by atoms with E-state index in [-0.39, 0.29) is 6.10 Å². The third kappa shape index (κ3) is 2.19. The van der Waals surface area contributed by atoms with Gasteiger partial charge in [-0.25, -0.2) is 9.48 Å². The summed E-state index contributed by atoms with van der Waals surface area (Å²) in [4.78, 5) is 10.8. The van der Waals surface area contributed by atoms with Crippen molar-refractivity contribution >= 4 is 5.97 Å². The Kier molecular flexibility index (Phi) is 3.14. The van der Waals surface area contributed by atoms with Crippen LogP contribution in [-0.2, 0) is 16.0 Å². The van der Waals surface area contributed by atoms with E-state index in [9.17, 15) is 4.79 Å². The highest BCUT2D eigenvalue weighted by Gasteiger charge is 2.23. The summed E-state index contributed by atoms with van der Waals surface area (Å²) < 4.78 is 6.80. The molecule has 1 aromatic heterocycles. The Morgan fingerprint density at radius 1 is 1.75 bits per heavy atom. The molecule has 1 aromatic rings. The Hall–Kier alpha value is -1.50. The molecule has 0 aromatic carbocycles. The van der Waals surface area contributed by atoms with Gasteiger partial charge in [0.05, 0.1) is 6.10 Å². The van der Waals surface area contributed by atoms with Crippen molar-refractivity contribution in [2.45, 2.75) is 38.3 Å². The van der Waals surface area contributed by atoms with Gasteiger partial charge in [0.2, 0.25) is 0 Å². The number of rotatable bonds is 4. The summed E-state index contributed by atoms with van der Waals surface area (Å²) in [6.07, 6.45) is 2.71. The highest BCUT2D eigenvalue weighted by atomic mass is 16.5. The Morgan fingerprint density at radius 2 is 2.56 bits per heavy atom. The van der Waals surface area contributed by atoms with Crippen LogP contribution in [0.1, 0.15) is 31.6 Å². The van der Waals surface area contributed by atoms with Gasteiger partial charge in [-0.15, -0.1) is 5.10 Å². The van der Waals surface area contributed by atoms with E-state index in [4.69, 9.17) is 9.84 Å². The molecule has 0 saturated carbocycles. The first-order valence-corrected chi connectivity index (χ1v) is 5.29. The van der Waals surface area contributed by atoms with Crippen molar-refractivity contribution in [2.75, 3.05) is 6.61 Å². The normalized spacial score (nSPS) is 22.2. The van der Waals surface area contributed by atoms with Crippen LogP contribution in [0.15, 0.2) is 0 Å². The topological polar surface area (TPSA) is 90.1 Å². The molecule has 1 N–H and O–H groups in total. The quantitative estimate of drug-likeness (QED) is 0.779. The third-order valence-corrected chi connectivity index (χ3v) is 2.72. The zero-order chi connectivity index (χ0) is 11.5. The van der Waals surface area contributed by atoms with Crippen LogP contribution in [0.2, 0.25) is 0 Å². The minimum absolute atomic E-state index is 0.116. The number of aromatic nitrogens is 4. The summed E-state index contributed by atoms with van der Waals surface area (Å²) in [5.74, 6) is -0.373. The highest BCUT2D eigenvalue weighted by Crippen LogP contribution is 2.17. The van der Waals surface area contributed by atoms with Gasteiger partial charge >= 0.3 is 5.97 Å². The molecule has 16 heavy (non-hydrogen) atoms. The number of carboxylic acids is 1. The second kappa shape index (κ2) is 4.56. The minimum atomic E-state index is -0.944. The van der Waals surface area contributed by atoms with E-state index in [2.05, 4.69) is 15.5 Å². The summed E-state index contributed by atoms with van der Waals surface area (Å²) in [6, 6.07) is -0.744. The number of ether oxygens (including phenoxy) is 1. The molecule has 2 atom stereocenters. The molecule has 1 saturated heterocycles. The van der Waals surface area contributed by atoms with Crippen molar-refractivity contribution in [3.05, 3.63) is 5.82 Å². The number of aliphatic carboxylic acids is 1. The van der Waals surface area contributed by atoms with Gasteiger partial charge in [-0.3, -0.25) is 0 Å². The van der Waals surface area contributed by atoms with Crippen molar-refractivity contribution in [1.82, 2.24) is 20.2 Å². The first-order chi connectivity index (χ1) is 7.68. The molecule has 2 rings (SSSR count). The van der Waals surface area contributed by atoms with E-state index in [1.165, 1.54) is 4.68 Å². The number of nitrogens with zero attached hydrogens (tertiary/aromatic N) is 4. The lowest BCUT2D eigenvalue weighted by Gasteiger charge is -2.11. The second-order valence-corrected chi connectivity index (χ2v) is 3.89. The van der Waals surface area contributed by atoms with Gasteiger partial charge in [-0.05, 0) is 30.2 Å². The van der Waals surface area contributed by atoms with Gasteiger partial charge in [0.25, 0.3) is 0 Å². The molecule has 1 aliphatic heterocycles. The third-order valence-electron chi connectivity index (χ3n) is 2.72. The second-order valence-electron chi connectivity index (χ2n) is 3.89. The Morgan fingerprint density at radius 3 is 3.19 bits per heavy atom. The largest absolute Gasteiger partial charge is 0.480 e. The molecule has 88 valence electrons. The molecule has 7 heteroatoms. The van der Waals surface area contributed by atoms with E-state index < -0.39 is 12.0 Å². The zero-order valence-corrected chi connectivity index (χ0v) is 9.04. The highest BCUT2D eigenvalue weighted by molar-refractivity contribution is 5.71. The van der Waals surface area contributed by atoms with Crippen LogP contribution in [0.5, 0.6) is 0 Å². The Balaban J connectivity index is 2.09. The maximum atomic E-state index is 10.8. The van der Waals surface area contributed by atoms with Crippen LogP contribution in [0.4, 0.5) is 0 Å². The number of hydrogen-bond donors (Lipinski definition) is 1. The summed E-state index contributed by atoms with van der Waals surface area (Å²) >= 11 is 0. The summed E-state index contributed by atoms with van der Waals surface area (Å²) in [6.45, 7) is 2.32. The molecule has 0 spiro atoms. The monoisotopic (exact) mass is 226 g/mol. The maximum Gasteiger partial charge on any atom is 0.328 e. The molecule has 0 bridgehead atoms. The van der Waals surface area contributed by atoms with Crippen molar-refractivity contribution in [3.8, 4) is 0 Å². The predicted molar refractivity (Wildman–Crippen MR) is 52.8 cm³/mol. The molecule has 1 fully saturated rings. The first kappa shape index (κ1) is 11.0. The summed E-state index contributed by atoms with van der Waals surface area (Å²) in [7, 11) is 0. The molecule has 2 heterocycles. The van der Waals surface area contributed by atoms with Crippen molar-refractivity contribution in [1.29, 1.82) is 0 Å². The van der Waals surface area contributed by atoms with Crippen LogP contribution in [0, 0.1) is 0 Å². The van der Waals surface area contributed by atoms with Gasteiger partial charge in [0.1, 0.15) is 6.04 Å². The number of carboxylic acid groups (broad SMARTS) is 1. The van der Waals surface area contributed by atoms with Gasteiger partial charge in [-0.2, -0.15) is 0 Å². The first-order valence-electron chi connectivity index (χ1n) is 5.29. The van der Waals surface area contributed by atoms with Crippen LogP contribution in [0.25, 0.3) is 0 Å². The minimum Gasteiger partial charge on any atom is -0.480 e. The fourth-order valence-electron chi connectivity index (χ4n) is 1.76. The van der Waals surface area contributed by atoms with Crippen molar-refractivity contribution < 1.29 is 14.6 Å². The van der Waals surface area contributed by atoms with Gasteiger partial charge in [0.15, 0.2) is 5.82 Å². The summed E-state index contributed by atoms with van der Waals surface area (Å²) in [5.41, 5.74) is 0. The molecular formula is C9H14N4O3. The van der Waals surface area contributed by atoms with Crippen LogP contribution in [0.3, 0.4) is 0 Å². The molecular weight excluding hydrogens is 212 g/mol. The molecule has 0 radical (unpaired) electrons. The lowest BCUT2D eigenvalue weighted by atomic mass is 10.2. The van der Waals surface area contributed by atoms with E-state index in [1.54, 1.807) is 6.92 Å². The average Bonchev–Trinajstić information content (AvgIpc) is 2.88. The lowest BCUT2D eigenvalue weighted by Crippen LogP contribution is -2.22. The van der Waals surface area contributed by atoms with Crippen LogP contribution in [-0.4, -0.2) is 44.0 Å². The van der Waals surface area contributed by atoms with E-state index in [1.807, 2.05) is 0 Å². The van der Waals surface area contributed by atoms with Crippen LogP contribution >= 0.6 is 0 Å². The lowest BCUT2D eigenvalue weighted by molar-refractivity contribution is -0.140. The van der Waals surface area contributed by atoms with Gasteiger partial charge in [0, 0.05) is 13.0 Å². The van der Waals surface area contributed by atoms with Crippen molar-refractivity contribution in [2.24, 2.45) is 0 Å². The van der Waals surface area contributed by atoms with E-state index in [0.29, 0.717) is 12.2 Å². The van der Waals surface area contributed by atoms with Crippen LogP contribution < -0.4 is 0 Å². The summed E-state index contributed by atoms with van der Waals surface area (Å²) in [5, 5.41) is 19.9. The zero-order valence-electron chi connectivity index (χ0n) is 9.04.